The predicted molar refractivity (Wildman–Crippen MR) is 156 cm³/mol. The van der Waals surface area contributed by atoms with Gasteiger partial charge in [-0.15, -0.1) is 0 Å². The van der Waals surface area contributed by atoms with Gasteiger partial charge < -0.3 is 29.5 Å². The smallest absolute Gasteiger partial charge is 0.335 e. The number of benzene rings is 3. The number of ether oxygens (including phenoxy) is 3. The van der Waals surface area contributed by atoms with Crippen LogP contribution in [-0.2, 0) is 6.54 Å². The molecule has 1 saturated heterocycles. The molecule has 0 spiro atoms. The van der Waals surface area contributed by atoms with Gasteiger partial charge in [0.05, 0.1) is 37.3 Å². The van der Waals surface area contributed by atoms with Crippen LogP contribution in [0.1, 0.15) is 15.9 Å². The Morgan fingerprint density at radius 1 is 0.952 bits per heavy atom. The van der Waals surface area contributed by atoms with Gasteiger partial charge in [0.1, 0.15) is 5.82 Å². The zero-order chi connectivity index (χ0) is 29.8. The fourth-order valence-electron chi connectivity index (χ4n) is 4.88. The topological polar surface area (TPSA) is 152 Å². The maximum atomic E-state index is 11.5. The number of aromatic carboxylic acids is 1. The highest BCUT2D eigenvalue weighted by Crippen LogP contribution is 2.38. The number of non-ortho nitro benzene ring substituents is 1. The van der Waals surface area contributed by atoms with Crippen LogP contribution in [0.15, 0.2) is 54.6 Å². The summed E-state index contributed by atoms with van der Waals surface area (Å²) in [6, 6.07) is 14.5. The lowest BCUT2D eigenvalue weighted by Gasteiger charge is -2.35. The highest BCUT2D eigenvalue weighted by Gasteiger charge is 2.23. The Balaban J connectivity index is 1.37. The highest BCUT2D eigenvalue weighted by atomic mass is 16.6. The van der Waals surface area contributed by atoms with Crippen molar-refractivity contribution >= 4 is 40.0 Å². The molecule has 3 aromatic carbocycles. The molecule has 42 heavy (non-hydrogen) atoms. The van der Waals surface area contributed by atoms with E-state index in [-0.39, 0.29) is 11.3 Å². The molecule has 1 aromatic heterocycles. The minimum Gasteiger partial charge on any atom is -0.493 e. The number of aromatic nitrogens is 2. The van der Waals surface area contributed by atoms with Gasteiger partial charge in [-0.2, -0.15) is 4.98 Å². The molecule has 0 atom stereocenters. The Morgan fingerprint density at radius 2 is 1.62 bits per heavy atom. The summed E-state index contributed by atoms with van der Waals surface area (Å²) >= 11 is 0. The third kappa shape index (κ3) is 5.95. The van der Waals surface area contributed by atoms with Gasteiger partial charge in [0.25, 0.3) is 5.69 Å². The first-order chi connectivity index (χ1) is 20.3. The van der Waals surface area contributed by atoms with E-state index in [0.717, 1.165) is 18.7 Å². The summed E-state index contributed by atoms with van der Waals surface area (Å²) < 4.78 is 16.4. The minimum atomic E-state index is -1.03. The van der Waals surface area contributed by atoms with Crippen molar-refractivity contribution in [3.8, 4) is 17.2 Å². The highest BCUT2D eigenvalue weighted by molar-refractivity contribution is 5.94. The summed E-state index contributed by atoms with van der Waals surface area (Å²) in [6.07, 6.45) is 0. The molecule has 0 bridgehead atoms. The molecule has 1 aliphatic rings. The van der Waals surface area contributed by atoms with Gasteiger partial charge in [0.15, 0.2) is 11.5 Å². The van der Waals surface area contributed by atoms with E-state index in [1.54, 1.807) is 39.5 Å². The lowest BCUT2D eigenvalue weighted by atomic mass is 10.1. The summed E-state index contributed by atoms with van der Waals surface area (Å²) in [7, 11) is 4.76. The Kier molecular flexibility index (Phi) is 8.20. The van der Waals surface area contributed by atoms with Crippen molar-refractivity contribution in [2.24, 2.45) is 0 Å². The molecular formula is C29H30N6O7. The second-order valence-corrected chi connectivity index (χ2v) is 9.64. The number of nitro groups is 1. The van der Waals surface area contributed by atoms with Gasteiger partial charge in [-0.05, 0) is 48.0 Å². The molecule has 1 fully saturated rings. The van der Waals surface area contributed by atoms with Crippen molar-refractivity contribution in [3.63, 3.8) is 0 Å². The fourth-order valence-corrected chi connectivity index (χ4v) is 4.88. The molecule has 218 valence electrons. The maximum Gasteiger partial charge on any atom is 0.335 e. The van der Waals surface area contributed by atoms with Crippen molar-refractivity contribution < 1.29 is 29.0 Å². The fraction of sp³-hybridized carbons (Fsp3) is 0.276. The van der Waals surface area contributed by atoms with E-state index < -0.39 is 10.9 Å². The molecule has 0 unspecified atom stereocenters. The summed E-state index contributed by atoms with van der Waals surface area (Å²) in [4.78, 5) is 36.1. The number of nitro benzene ring substituents is 1. The average molecular weight is 575 g/mol. The van der Waals surface area contributed by atoms with Crippen molar-refractivity contribution in [2.75, 3.05) is 57.7 Å². The molecular weight excluding hydrogens is 544 g/mol. The van der Waals surface area contributed by atoms with E-state index in [0.29, 0.717) is 65.2 Å². The number of methoxy groups -OCH3 is 3. The summed E-state index contributed by atoms with van der Waals surface area (Å²) in [6.45, 7) is 3.51. The van der Waals surface area contributed by atoms with Crippen LogP contribution in [0.3, 0.4) is 0 Å². The van der Waals surface area contributed by atoms with Crippen LogP contribution in [0.25, 0.3) is 10.9 Å². The van der Waals surface area contributed by atoms with Gasteiger partial charge >= 0.3 is 5.97 Å². The zero-order valence-corrected chi connectivity index (χ0v) is 23.4. The normalized spacial score (nSPS) is 13.5. The van der Waals surface area contributed by atoms with Crippen LogP contribution in [-0.4, -0.2) is 78.4 Å². The third-order valence-electron chi connectivity index (χ3n) is 7.06. The predicted octanol–water partition coefficient (Wildman–Crippen LogP) is 4.33. The maximum absolute atomic E-state index is 11.5. The van der Waals surface area contributed by atoms with Crippen LogP contribution in [0.2, 0.25) is 0 Å². The molecule has 2 N–H and O–H groups in total. The van der Waals surface area contributed by atoms with Crippen molar-refractivity contribution in [2.45, 2.75) is 6.54 Å². The first kappa shape index (κ1) is 28.4. The second-order valence-electron chi connectivity index (χ2n) is 9.64. The van der Waals surface area contributed by atoms with Crippen LogP contribution in [0.5, 0.6) is 17.2 Å². The number of anilines is 3. The molecule has 0 aliphatic carbocycles. The van der Waals surface area contributed by atoms with Gasteiger partial charge in [-0.3, -0.25) is 15.0 Å². The second kappa shape index (κ2) is 12.1. The molecule has 13 heteroatoms. The molecule has 0 radical (unpaired) electrons. The SMILES string of the molecule is COc1cc(CN2CCN(c3nc(Nc4ccc(C(=O)O)cc4)c4cc([N+](=O)[O-])ccc4n3)CC2)cc(OC)c1OC. The number of carboxylic acids is 1. The Bertz CT molecular complexity index is 1600. The van der Waals surface area contributed by atoms with Crippen LogP contribution < -0.4 is 24.4 Å². The standard InChI is InChI=1S/C29H30N6O7/c1-40-24-14-18(15-25(41-2)26(24)42-3)17-33-10-12-34(13-11-33)29-31-23-9-8-21(35(38)39)16-22(23)27(32-29)30-20-6-4-19(5-7-20)28(36)37/h4-9,14-16H,10-13,17H2,1-3H3,(H,36,37)(H,30,31,32). The van der Waals surface area contributed by atoms with E-state index >= 15 is 0 Å². The van der Waals surface area contributed by atoms with Gasteiger partial charge in [0.2, 0.25) is 11.7 Å². The number of rotatable bonds is 10. The number of hydrogen-bond acceptors (Lipinski definition) is 11. The lowest BCUT2D eigenvalue weighted by Crippen LogP contribution is -2.46. The van der Waals surface area contributed by atoms with E-state index in [1.807, 2.05) is 12.1 Å². The van der Waals surface area contributed by atoms with Crippen LogP contribution in [0.4, 0.5) is 23.1 Å². The summed E-state index contributed by atoms with van der Waals surface area (Å²) in [5.74, 6) is 1.61. The molecule has 2 heterocycles. The number of carbonyl (C=O) groups is 1. The number of piperazine rings is 1. The summed E-state index contributed by atoms with van der Waals surface area (Å²) in [5, 5.41) is 24.3. The monoisotopic (exact) mass is 574 g/mol. The van der Waals surface area contributed by atoms with E-state index in [1.165, 1.54) is 24.3 Å². The average Bonchev–Trinajstić information content (AvgIpc) is 3.00. The Hall–Kier alpha value is -5.17. The number of nitrogens with zero attached hydrogens (tertiary/aromatic N) is 5. The van der Waals surface area contributed by atoms with E-state index in [4.69, 9.17) is 24.2 Å². The number of nitrogens with one attached hydrogen (secondary N) is 1. The van der Waals surface area contributed by atoms with Gasteiger partial charge in [-0.1, -0.05) is 0 Å². The van der Waals surface area contributed by atoms with Crippen molar-refractivity contribution in [1.29, 1.82) is 0 Å². The number of hydrogen-bond donors (Lipinski definition) is 2. The molecule has 0 amide bonds. The van der Waals surface area contributed by atoms with Crippen molar-refractivity contribution in [3.05, 3.63) is 75.8 Å². The molecule has 4 aromatic rings. The first-order valence-corrected chi connectivity index (χ1v) is 13.1. The molecule has 1 aliphatic heterocycles. The van der Waals surface area contributed by atoms with Crippen LogP contribution >= 0.6 is 0 Å². The molecule has 13 nitrogen and oxygen atoms in total. The third-order valence-corrected chi connectivity index (χ3v) is 7.06. The quantitative estimate of drug-likeness (QED) is 0.205. The Morgan fingerprint density at radius 3 is 2.19 bits per heavy atom. The lowest BCUT2D eigenvalue weighted by molar-refractivity contribution is -0.384. The number of carboxylic acid groups (broad SMARTS) is 1. The van der Waals surface area contributed by atoms with Gasteiger partial charge in [-0.25, -0.2) is 9.78 Å². The van der Waals surface area contributed by atoms with Gasteiger partial charge in [0, 0.05) is 55.9 Å². The number of fused-ring (bicyclic) bond motifs is 1. The van der Waals surface area contributed by atoms with Crippen molar-refractivity contribution in [1.82, 2.24) is 14.9 Å². The minimum absolute atomic E-state index is 0.0801. The molecule has 0 saturated carbocycles. The first-order valence-electron chi connectivity index (χ1n) is 13.1. The van der Waals surface area contributed by atoms with E-state index in [9.17, 15) is 20.0 Å². The Labute approximate surface area is 241 Å². The largest absolute Gasteiger partial charge is 0.493 e. The molecule has 5 rings (SSSR count). The summed E-state index contributed by atoms with van der Waals surface area (Å²) in [5.41, 5.74) is 2.24. The zero-order valence-electron chi connectivity index (χ0n) is 23.4. The van der Waals surface area contributed by atoms with Crippen LogP contribution in [0, 0.1) is 10.1 Å². The van der Waals surface area contributed by atoms with E-state index in [2.05, 4.69) is 15.1 Å².